The van der Waals surface area contributed by atoms with Crippen molar-refractivity contribution in [1.29, 1.82) is 0 Å². The van der Waals surface area contributed by atoms with Gasteiger partial charge in [-0.05, 0) is 24.1 Å². The fraction of sp³-hybridized carbons (Fsp3) is 0.562. The Bertz CT molecular complexity index is 710. The molecule has 6 nitrogen and oxygen atoms in total. The van der Waals surface area contributed by atoms with Gasteiger partial charge in [-0.15, -0.1) is 24.0 Å². The first-order chi connectivity index (χ1) is 11.9. The maximum Gasteiger partial charge on any atom is 0.215 e. The zero-order valence-electron chi connectivity index (χ0n) is 15.0. The number of hydrogen-bond acceptors (Lipinski definition) is 4. The van der Waals surface area contributed by atoms with E-state index in [0.29, 0.717) is 31.2 Å². The van der Waals surface area contributed by atoms with Gasteiger partial charge in [-0.2, -0.15) is 11.8 Å². The first-order valence-electron chi connectivity index (χ1n) is 8.17. The number of rotatable bonds is 6. The van der Waals surface area contributed by atoms with E-state index in [-0.39, 0.29) is 42.1 Å². The molecule has 0 bridgehead atoms. The van der Waals surface area contributed by atoms with Crippen LogP contribution in [0.15, 0.2) is 23.2 Å². The Balaban J connectivity index is 0.00000338. The molecule has 1 aliphatic rings. The SMILES string of the molecule is CN=C(NCCS(=O)(=O)N1CCSCC1)NCc1ccc(F)c(C)c1.I. The minimum absolute atomic E-state index is 0. The monoisotopic (exact) mass is 516 g/mol. The van der Waals surface area contributed by atoms with E-state index in [1.54, 1.807) is 42.2 Å². The van der Waals surface area contributed by atoms with Crippen molar-refractivity contribution in [2.75, 3.05) is 43.9 Å². The van der Waals surface area contributed by atoms with Gasteiger partial charge in [0.15, 0.2) is 5.96 Å². The molecule has 1 fully saturated rings. The predicted octanol–water partition coefficient (Wildman–Crippen LogP) is 1.80. The molecule has 148 valence electrons. The van der Waals surface area contributed by atoms with E-state index in [1.165, 1.54) is 6.07 Å². The molecular weight excluding hydrogens is 490 g/mol. The van der Waals surface area contributed by atoms with Gasteiger partial charge < -0.3 is 10.6 Å². The summed E-state index contributed by atoms with van der Waals surface area (Å²) in [5.41, 5.74) is 1.52. The highest BCUT2D eigenvalue weighted by molar-refractivity contribution is 14.0. The summed E-state index contributed by atoms with van der Waals surface area (Å²) in [6.07, 6.45) is 0. The zero-order valence-corrected chi connectivity index (χ0v) is 19.0. The summed E-state index contributed by atoms with van der Waals surface area (Å²) in [4.78, 5) is 4.08. The van der Waals surface area contributed by atoms with Gasteiger partial charge in [0.25, 0.3) is 0 Å². The molecule has 26 heavy (non-hydrogen) atoms. The van der Waals surface area contributed by atoms with Gasteiger partial charge in [-0.1, -0.05) is 12.1 Å². The van der Waals surface area contributed by atoms with Crippen molar-refractivity contribution in [3.8, 4) is 0 Å². The average Bonchev–Trinajstić information content (AvgIpc) is 2.61. The summed E-state index contributed by atoms with van der Waals surface area (Å²) in [7, 11) is -1.61. The maximum atomic E-state index is 13.3. The topological polar surface area (TPSA) is 73.8 Å². The lowest BCUT2D eigenvalue weighted by atomic mass is 10.1. The van der Waals surface area contributed by atoms with Gasteiger partial charge in [0.05, 0.1) is 5.75 Å². The molecule has 2 N–H and O–H groups in total. The number of guanidine groups is 1. The third-order valence-electron chi connectivity index (χ3n) is 3.92. The molecular formula is C16H26FIN4O2S2. The van der Waals surface area contributed by atoms with Gasteiger partial charge in [0, 0.05) is 44.7 Å². The average molecular weight is 516 g/mol. The lowest BCUT2D eigenvalue weighted by molar-refractivity contribution is 0.443. The van der Waals surface area contributed by atoms with E-state index in [4.69, 9.17) is 0 Å². The largest absolute Gasteiger partial charge is 0.355 e. The molecule has 0 saturated carbocycles. The second-order valence-corrected chi connectivity index (χ2v) is 9.08. The predicted molar refractivity (Wildman–Crippen MR) is 117 cm³/mol. The van der Waals surface area contributed by atoms with Crippen molar-refractivity contribution >= 4 is 51.7 Å². The van der Waals surface area contributed by atoms with Crippen molar-refractivity contribution in [1.82, 2.24) is 14.9 Å². The van der Waals surface area contributed by atoms with Crippen LogP contribution in [-0.4, -0.2) is 62.6 Å². The Labute approximate surface area is 176 Å². The van der Waals surface area contributed by atoms with Gasteiger partial charge >= 0.3 is 0 Å². The van der Waals surface area contributed by atoms with Gasteiger partial charge in [0.1, 0.15) is 5.82 Å². The van der Waals surface area contributed by atoms with Crippen LogP contribution in [0.25, 0.3) is 0 Å². The molecule has 0 unspecified atom stereocenters. The van der Waals surface area contributed by atoms with Gasteiger partial charge in [-0.25, -0.2) is 17.1 Å². The molecule has 1 aromatic rings. The Morgan fingerprint density at radius 1 is 1.31 bits per heavy atom. The van der Waals surface area contributed by atoms with Crippen LogP contribution in [0, 0.1) is 12.7 Å². The lowest BCUT2D eigenvalue weighted by Gasteiger charge is -2.25. The van der Waals surface area contributed by atoms with Crippen molar-refractivity contribution in [2.45, 2.75) is 13.5 Å². The van der Waals surface area contributed by atoms with E-state index >= 15 is 0 Å². The molecule has 0 spiro atoms. The second kappa shape index (κ2) is 11.3. The summed E-state index contributed by atoms with van der Waals surface area (Å²) in [6.45, 7) is 3.66. The van der Waals surface area contributed by atoms with Crippen molar-refractivity contribution in [3.63, 3.8) is 0 Å². The minimum atomic E-state index is -3.23. The molecule has 2 rings (SSSR count). The van der Waals surface area contributed by atoms with Gasteiger partial charge in [0.2, 0.25) is 10.0 Å². The molecule has 1 aliphatic heterocycles. The highest BCUT2D eigenvalue weighted by Gasteiger charge is 2.23. The molecule has 0 atom stereocenters. The summed E-state index contributed by atoms with van der Waals surface area (Å²) < 4.78 is 39.4. The lowest BCUT2D eigenvalue weighted by Crippen LogP contribution is -2.44. The number of halogens is 2. The number of aryl methyl sites for hydroxylation is 1. The molecule has 10 heteroatoms. The van der Waals surface area contributed by atoms with E-state index in [1.807, 2.05) is 0 Å². The number of nitrogens with one attached hydrogen (secondary N) is 2. The Hall–Kier alpha value is -0.590. The summed E-state index contributed by atoms with van der Waals surface area (Å²) in [5, 5.41) is 6.12. The normalized spacial score (nSPS) is 16.0. The Kier molecular flexibility index (Phi) is 10.2. The van der Waals surface area contributed by atoms with Crippen LogP contribution in [0.2, 0.25) is 0 Å². The van der Waals surface area contributed by atoms with Crippen LogP contribution in [0.3, 0.4) is 0 Å². The third kappa shape index (κ3) is 7.20. The molecule has 1 saturated heterocycles. The first-order valence-corrected chi connectivity index (χ1v) is 10.9. The van der Waals surface area contributed by atoms with E-state index < -0.39 is 10.0 Å². The summed E-state index contributed by atoms with van der Waals surface area (Å²) in [6, 6.07) is 4.92. The minimum Gasteiger partial charge on any atom is -0.355 e. The highest BCUT2D eigenvalue weighted by Crippen LogP contribution is 2.13. The smallest absolute Gasteiger partial charge is 0.215 e. The van der Waals surface area contributed by atoms with Crippen molar-refractivity contribution < 1.29 is 12.8 Å². The zero-order chi connectivity index (χ0) is 18.3. The fourth-order valence-corrected chi connectivity index (χ4v) is 4.97. The van der Waals surface area contributed by atoms with Crippen LogP contribution in [0.1, 0.15) is 11.1 Å². The van der Waals surface area contributed by atoms with Gasteiger partial charge in [-0.3, -0.25) is 4.99 Å². The Morgan fingerprint density at radius 3 is 2.62 bits per heavy atom. The van der Waals surface area contributed by atoms with Crippen LogP contribution < -0.4 is 10.6 Å². The second-order valence-electron chi connectivity index (χ2n) is 5.76. The molecule has 1 heterocycles. The number of hydrogen-bond donors (Lipinski definition) is 2. The van der Waals surface area contributed by atoms with Crippen LogP contribution in [-0.2, 0) is 16.6 Å². The number of aliphatic imine (C=N–C) groups is 1. The highest BCUT2D eigenvalue weighted by atomic mass is 127. The van der Waals surface area contributed by atoms with Crippen LogP contribution >= 0.6 is 35.7 Å². The van der Waals surface area contributed by atoms with E-state index in [0.717, 1.165) is 17.1 Å². The molecule has 0 aromatic heterocycles. The van der Waals surface area contributed by atoms with Crippen LogP contribution in [0.4, 0.5) is 4.39 Å². The number of benzene rings is 1. The fourth-order valence-electron chi connectivity index (χ4n) is 2.48. The Morgan fingerprint density at radius 2 is 2.00 bits per heavy atom. The van der Waals surface area contributed by atoms with E-state index in [2.05, 4.69) is 15.6 Å². The maximum absolute atomic E-state index is 13.3. The number of nitrogens with zero attached hydrogens (tertiary/aromatic N) is 2. The van der Waals surface area contributed by atoms with Crippen LogP contribution in [0.5, 0.6) is 0 Å². The summed E-state index contributed by atoms with van der Waals surface area (Å²) >= 11 is 1.78. The summed E-state index contributed by atoms with van der Waals surface area (Å²) in [5.74, 6) is 2.03. The number of thioether (sulfide) groups is 1. The van der Waals surface area contributed by atoms with E-state index in [9.17, 15) is 12.8 Å². The quantitative estimate of drug-likeness (QED) is 0.343. The first kappa shape index (κ1) is 23.4. The van der Waals surface area contributed by atoms with Crippen molar-refractivity contribution in [2.24, 2.45) is 4.99 Å². The molecule has 0 radical (unpaired) electrons. The third-order valence-corrected chi connectivity index (χ3v) is 6.74. The molecule has 1 aromatic carbocycles. The standard InChI is InChI=1S/C16H25FN4O2S2.HI/c1-13-11-14(3-4-15(13)17)12-20-16(18-2)19-5-10-25(22,23)21-6-8-24-9-7-21;/h3-4,11H,5-10,12H2,1-2H3,(H2,18,19,20);1H. The molecule has 0 aliphatic carbocycles. The number of sulfonamides is 1. The van der Waals surface area contributed by atoms with Crippen molar-refractivity contribution in [3.05, 3.63) is 35.1 Å². The molecule has 0 amide bonds.